The largest absolute Gasteiger partial charge is 0.364 e. The molecule has 1 fully saturated rings. The number of hydrogen-bond acceptors (Lipinski definition) is 3. The van der Waals surface area contributed by atoms with Crippen LogP contribution in [0.1, 0.15) is 36.9 Å². The molecule has 1 heterocycles. The molecule has 0 radical (unpaired) electrons. The molecule has 2 N–H and O–H groups in total. The topological polar surface area (TPSA) is 55.6 Å². The monoisotopic (exact) mass is 276 g/mol. The first kappa shape index (κ1) is 15.0. The number of carbonyl (C=O) groups is 1. The minimum Gasteiger partial charge on any atom is -0.364 e. The molecule has 2 rings (SSSR count). The Bertz CT molecular complexity index is 458. The lowest BCUT2D eigenvalue weighted by Crippen LogP contribution is -2.38. The SMILES string of the molecule is Cc1ccc(C(C)N(C)C(=O)C2CCC(CN)O2)cc1. The highest BCUT2D eigenvalue weighted by molar-refractivity contribution is 5.81. The van der Waals surface area contributed by atoms with E-state index in [0.717, 1.165) is 18.4 Å². The Morgan fingerprint density at radius 2 is 2.05 bits per heavy atom. The van der Waals surface area contributed by atoms with E-state index in [1.807, 2.05) is 14.0 Å². The van der Waals surface area contributed by atoms with E-state index in [1.165, 1.54) is 5.56 Å². The van der Waals surface area contributed by atoms with Gasteiger partial charge in [0, 0.05) is 13.6 Å². The van der Waals surface area contributed by atoms with Gasteiger partial charge in [0.25, 0.3) is 5.91 Å². The summed E-state index contributed by atoms with van der Waals surface area (Å²) >= 11 is 0. The summed E-state index contributed by atoms with van der Waals surface area (Å²) in [5.41, 5.74) is 7.95. The number of amides is 1. The van der Waals surface area contributed by atoms with Crippen LogP contribution in [0.15, 0.2) is 24.3 Å². The number of likely N-dealkylation sites (N-methyl/N-ethyl adjacent to an activating group) is 1. The third-order valence-electron chi connectivity index (χ3n) is 4.13. The molecule has 110 valence electrons. The Morgan fingerprint density at radius 1 is 1.40 bits per heavy atom. The van der Waals surface area contributed by atoms with Crippen LogP contribution >= 0.6 is 0 Å². The summed E-state index contributed by atoms with van der Waals surface area (Å²) in [7, 11) is 1.84. The first-order valence-electron chi connectivity index (χ1n) is 7.21. The Kier molecular flexibility index (Phi) is 4.78. The standard InChI is InChI=1S/C16H24N2O2/c1-11-4-6-13(7-5-11)12(2)18(3)16(19)15-9-8-14(10-17)20-15/h4-7,12,14-15H,8-10,17H2,1-3H3. The molecule has 0 aromatic heterocycles. The molecule has 20 heavy (non-hydrogen) atoms. The summed E-state index contributed by atoms with van der Waals surface area (Å²) in [6.07, 6.45) is 1.35. The van der Waals surface area contributed by atoms with Gasteiger partial charge >= 0.3 is 0 Å². The van der Waals surface area contributed by atoms with E-state index in [-0.39, 0.29) is 24.2 Å². The number of aryl methyl sites for hydroxylation is 1. The van der Waals surface area contributed by atoms with Crippen molar-refractivity contribution < 1.29 is 9.53 Å². The highest BCUT2D eigenvalue weighted by Gasteiger charge is 2.33. The highest BCUT2D eigenvalue weighted by atomic mass is 16.5. The van der Waals surface area contributed by atoms with Gasteiger partial charge in [-0.05, 0) is 32.3 Å². The minimum atomic E-state index is -0.332. The van der Waals surface area contributed by atoms with Crippen LogP contribution in [0.5, 0.6) is 0 Å². The van der Waals surface area contributed by atoms with E-state index in [1.54, 1.807) is 4.90 Å². The molecule has 1 aromatic rings. The van der Waals surface area contributed by atoms with Crippen LogP contribution in [0, 0.1) is 6.92 Å². The van der Waals surface area contributed by atoms with Gasteiger partial charge in [0.2, 0.25) is 0 Å². The summed E-state index contributed by atoms with van der Waals surface area (Å²) in [5.74, 6) is 0.0500. The molecule has 3 unspecified atom stereocenters. The van der Waals surface area contributed by atoms with Crippen LogP contribution in [0.3, 0.4) is 0 Å². The van der Waals surface area contributed by atoms with Gasteiger partial charge in [-0.3, -0.25) is 4.79 Å². The predicted octanol–water partition coefficient (Wildman–Crippen LogP) is 2.02. The lowest BCUT2D eigenvalue weighted by Gasteiger charge is -2.28. The molecule has 0 bridgehead atoms. The number of ether oxygens (including phenoxy) is 1. The third-order valence-corrected chi connectivity index (χ3v) is 4.13. The Morgan fingerprint density at radius 3 is 2.60 bits per heavy atom. The van der Waals surface area contributed by atoms with Crippen LogP contribution in [0.25, 0.3) is 0 Å². The van der Waals surface area contributed by atoms with Crippen molar-refractivity contribution in [2.45, 2.75) is 44.9 Å². The van der Waals surface area contributed by atoms with Gasteiger partial charge in [0.05, 0.1) is 12.1 Å². The van der Waals surface area contributed by atoms with E-state index >= 15 is 0 Å². The number of nitrogens with two attached hydrogens (primary N) is 1. The molecule has 1 amide bonds. The van der Waals surface area contributed by atoms with Crippen molar-refractivity contribution in [2.24, 2.45) is 5.73 Å². The number of carbonyl (C=O) groups excluding carboxylic acids is 1. The molecular formula is C16H24N2O2. The maximum absolute atomic E-state index is 12.4. The van der Waals surface area contributed by atoms with E-state index in [2.05, 4.69) is 31.2 Å². The van der Waals surface area contributed by atoms with Crippen LogP contribution in [-0.4, -0.2) is 36.6 Å². The smallest absolute Gasteiger partial charge is 0.251 e. The van der Waals surface area contributed by atoms with E-state index < -0.39 is 0 Å². The second-order valence-corrected chi connectivity index (χ2v) is 5.60. The molecule has 4 nitrogen and oxygen atoms in total. The molecule has 1 aliphatic heterocycles. The van der Waals surface area contributed by atoms with Crippen molar-refractivity contribution in [1.82, 2.24) is 4.90 Å². The van der Waals surface area contributed by atoms with Crippen molar-refractivity contribution >= 4 is 5.91 Å². The number of benzene rings is 1. The summed E-state index contributed by atoms with van der Waals surface area (Å²) in [6, 6.07) is 8.33. The lowest BCUT2D eigenvalue weighted by molar-refractivity contribution is -0.143. The molecule has 0 aliphatic carbocycles. The van der Waals surface area contributed by atoms with Crippen molar-refractivity contribution in [3.8, 4) is 0 Å². The molecular weight excluding hydrogens is 252 g/mol. The number of nitrogens with zero attached hydrogens (tertiary/aromatic N) is 1. The summed E-state index contributed by atoms with van der Waals surface area (Å²) in [4.78, 5) is 14.2. The summed E-state index contributed by atoms with van der Waals surface area (Å²) in [6.45, 7) is 4.58. The Labute approximate surface area is 120 Å². The van der Waals surface area contributed by atoms with Gasteiger partial charge in [-0.25, -0.2) is 0 Å². The van der Waals surface area contributed by atoms with Crippen LogP contribution in [0.2, 0.25) is 0 Å². The first-order chi connectivity index (χ1) is 9.52. The van der Waals surface area contributed by atoms with Crippen molar-refractivity contribution in [1.29, 1.82) is 0 Å². The van der Waals surface area contributed by atoms with E-state index in [9.17, 15) is 4.79 Å². The molecule has 0 saturated carbocycles. The molecule has 3 atom stereocenters. The van der Waals surface area contributed by atoms with Gasteiger partial charge in [-0.1, -0.05) is 29.8 Å². The zero-order valence-corrected chi connectivity index (χ0v) is 12.5. The number of hydrogen-bond donors (Lipinski definition) is 1. The quantitative estimate of drug-likeness (QED) is 0.915. The van der Waals surface area contributed by atoms with Gasteiger partial charge in [0.15, 0.2) is 0 Å². The van der Waals surface area contributed by atoms with Crippen molar-refractivity contribution in [3.05, 3.63) is 35.4 Å². The van der Waals surface area contributed by atoms with Crippen molar-refractivity contribution in [2.75, 3.05) is 13.6 Å². The lowest BCUT2D eigenvalue weighted by atomic mass is 10.0. The van der Waals surface area contributed by atoms with Gasteiger partial charge in [-0.15, -0.1) is 0 Å². The fourth-order valence-corrected chi connectivity index (χ4v) is 2.55. The molecule has 1 aliphatic rings. The fraction of sp³-hybridized carbons (Fsp3) is 0.562. The maximum atomic E-state index is 12.4. The maximum Gasteiger partial charge on any atom is 0.251 e. The van der Waals surface area contributed by atoms with Crippen LogP contribution in [-0.2, 0) is 9.53 Å². The zero-order chi connectivity index (χ0) is 14.7. The highest BCUT2D eigenvalue weighted by Crippen LogP contribution is 2.25. The summed E-state index contributed by atoms with van der Waals surface area (Å²) < 4.78 is 5.68. The third kappa shape index (κ3) is 3.19. The number of rotatable bonds is 4. The molecule has 1 saturated heterocycles. The zero-order valence-electron chi connectivity index (χ0n) is 12.5. The van der Waals surface area contributed by atoms with Gasteiger partial charge in [-0.2, -0.15) is 0 Å². The second kappa shape index (κ2) is 6.37. The summed E-state index contributed by atoms with van der Waals surface area (Å²) in [5, 5.41) is 0. The van der Waals surface area contributed by atoms with Crippen LogP contribution in [0.4, 0.5) is 0 Å². The second-order valence-electron chi connectivity index (χ2n) is 5.60. The average molecular weight is 276 g/mol. The Balaban J connectivity index is 2.01. The molecule has 4 heteroatoms. The van der Waals surface area contributed by atoms with Crippen molar-refractivity contribution in [3.63, 3.8) is 0 Å². The van der Waals surface area contributed by atoms with Gasteiger partial charge < -0.3 is 15.4 Å². The van der Waals surface area contributed by atoms with Crippen LogP contribution < -0.4 is 5.73 Å². The molecule has 0 spiro atoms. The van der Waals surface area contributed by atoms with Gasteiger partial charge in [0.1, 0.15) is 6.10 Å². The average Bonchev–Trinajstić information content (AvgIpc) is 2.94. The van der Waals surface area contributed by atoms with E-state index in [4.69, 9.17) is 10.5 Å². The van der Waals surface area contributed by atoms with E-state index in [0.29, 0.717) is 6.54 Å². The Hall–Kier alpha value is -1.39. The predicted molar refractivity (Wildman–Crippen MR) is 79.3 cm³/mol. The minimum absolute atomic E-state index is 0.0343. The molecule has 1 aromatic carbocycles. The first-order valence-corrected chi connectivity index (χ1v) is 7.21. The fourth-order valence-electron chi connectivity index (χ4n) is 2.55. The normalized spacial score (nSPS) is 23.6.